The summed E-state index contributed by atoms with van der Waals surface area (Å²) in [4.78, 5) is 31.9. The molecule has 32 heavy (non-hydrogen) atoms. The van der Waals surface area contributed by atoms with E-state index < -0.39 is 12.1 Å². The third kappa shape index (κ3) is 5.94. The van der Waals surface area contributed by atoms with Gasteiger partial charge in [0.15, 0.2) is 5.82 Å². The first-order valence-electron chi connectivity index (χ1n) is 10.1. The number of aromatic nitrogens is 2. The van der Waals surface area contributed by atoms with Gasteiger partial charge in [-0.2, -0.15) is 13.2 Å². The quantitative estimate of drug-likeness (QED) is 0.659. The van der Waals surface area contributed by atoms with Crippen LogP contribution in [0.3, 0.4) is 0 Å². The molecule has 4 rings (SSSR count). The number of carboxylic acid groups (broad SMARTS) is 1. The number of benzene rings is 1. The maximum Gasteiger partial charge on any atom is 0.490 e. The topological polar surface area (TPSA) is 107 Å². The molecule has 172 valence electrons. The number of nitrogens with zero attached hydrogens (tertiary/aromatic N) is 3. The molecule has 1 amide bonds. The van der Waals surface area contributed by atoms with E-state index >= 15 is 0 Å². The highest BCUT2D eigenvalue weighted by Crippen LogP contribution is 2.28. The monoisotopic (exact) mass is 451 g/mol. The summed E-state index contributed by atoms with van der Waals surface area (Å²) in [5, 5.41) is 13.4. The van der Waals surface area contributed by atoms with Crippen LogP contribution in [0, 0.1) is 0 Å². The second-order valence-corrected chi connectivity index (χ2v) is 7.55. The number of carboxylic acids is 1. The lowest BCUT2D eigenvalue weighted by molar-refractivity contribution is -0.192. The Hall–Kier alpha value is -3.21. The molecule has 1 aromatic heterocycles. The van der Waals surface area contributed by atoms with Crippen molar-refractivity contribution in [3.63, 3.8) is 0 Å². The second kappa shape index (κ2) is 9.94. The highest BCUT2D eigenvalue weighted by Gasteiger charge is 2.38. The van der Waals surface area contributed by atoms with Crippen molar-refractivity contribution in [3.05, 3.63) is 36.0 Å². The van der Waals surface area contributed by atoms with Crippen LogP contribution in [0.1, 0.15) is 24.8 Å². The number of aliphatic carboxylic acids is 1. The van der Waals surface area contributed by atoms with Gasteiger partial charge in [-0.05, 0) is 62.2 Å². The van der Waals surface area contributed by atoms with E-state index in [1.165, 1.54) is 0 Å². The van der Waals surface area contributed by atoms with Crippen molar-refractivity contribution in [2.75, 3.05) is 30.4 Å². The molecule has 11 heteroatoms. The van der Waals surface area contributed by atoms with Crippen molar-refractivity contribution in [1.29, 1.82) is 0 Å². The Morgan fingerprint density at radius 1 is 1.19 bits per heavy atom. The summed E-state index contributed by atoms with van der Waals surface area (Å²) in [5.41, 5.74) is 3.05. The first-order valence-corrected chi connectivity index (χ1v) is 10.1. The second-order valence-electron chi connectivity index (χ2n) is 7.55. The van der Waals surface area contributed by atoms with Crippen molar-refractivity contribution in [2.24, 2.45) is 0 Å². The number of carbonyl (C=O) groups is 2. The third-order valence-electron chi connectivity index (χ3n) is 5.36. The molecule has 2 aliphatic rings. The predicted octanol–water partition coefficient (Wildman–Crippen LogP) is 2.85. The van der Waals surface area contributed by atoms with Crippen molar-refractivity contribution in [1.82, 2.24) is 15.3 Å². The van der Waals surface area contributed by atoms with Crippen LogP contribution in [0.25, 0.3) is 11.4 Å². The van der Waals surface area contributed by atoms with Gasteiger partial charge >= 0.3 is 12.1 Å². The van der Waals surface area contributed by atoms with Crippen LogP contribution in [0.4, 0.5) is 24.7 Å². The highest BCUT2D eigenvalue weighted by molar-refractivity contribution is 5.94. The van der Waals surface area contributed by atoms with Gasteiger partial charge in [-0.15, -0.1) is 0 Å². The number of rotatable bonds is 3. The molecule has 3 heterocycles. The van der Waals surface area contributed by atoms with E-state index in [9.17, 15) is 18.0 Å². The number of alkyl halides is 3. The smallest absolute Gasteiger partial charge is 0.475 e. The molecule has 0 saturated carbocycles. The summed E-state index contributed by atoms with van der Waals surface area (Å²) in [6.07, 6.45) is 0.318. The minimum atomic E-state index is -5.08. The summed E-state index contributed by atoms with van der Waals surface area (Å²) >= 11 is 0. The van der Waals surface area contributed by atoms with Crippen molar-refractivity contribution < 1.29 is 27.9 Å². The maximum atomic E-state index is 11.5. The number of nitrogens with one attached hydrogen (secondary N) is 2. The van der Waals surface area contributed by atoms with E-state index in [1.54, 1.807) is 0 Å². The van der Waals surface area contributed by atoms with Crippen LogP contribution in [-0.4, -0.2) is 59.3 Å². The molecular weight excluding hydrogens is 427 g/mol. The predicted molar refractivity (Wildman–Crippen MR) is 112 cm³/mol. The van der Waals surface area contributed by atoms with Crippen molar-refractivity contribution >= 4 is 23.4 Å². The van der Waals surface area contributed by atoms with Crippen LogP contribution in [0.5, 0.6) is 0 Å². The van der Waals surface area contributed by atoms with Crippen LogP contribution in [0.15, 0.2) is 30.5 Å². The Balaban J connectivity index is 0.000000360. The third-order valence-corrected chi connectivity index (χ3v) is 5.36. The average Bonchev–Trinajstić information content (AvgIpc) is 2.78. The van der Waals surface area contributed by atoms with Crippen LogP contribution < -0.4 is 15.5 Å². The van der Waals surface area contributed by atoms with E-state index in [2.05, 4.69) is 33.6 Å². The number of hydrogen-bond donors (Lipinski definition) is 3. The highest BCUT2D eigenvalue weighted by atomic mass is 19.4. The summed E-state index contributed by atoms with van der Waals surface area (Å²) in [6.45, 7) is 2.12. The average molecular weight is 451 g/mol. The van der Waals surface area contributed by atoms with Gasteiger partial charge in [-0.3, -0.25) is 4.79 Å². The molecule has 0 bridgehead atoms. The van der Waals surface area contributed by atoms with Gasteiger partial charge in [0.1, 0.15) is 5.82 Å². The number of amides is 1. The Morgan fingerprint density at radius 2 is 1.88 bits per heavy atom. The molecule has 1 fully saturated rings. The van der Waals surface area contributed by atoms with Crippen LogP contribution >= 0.6 is 0 Å². The fourth-order valence-corrected chi connectivity index (χ4v) is 3.59. The number of aryl methyl sites for hydroxylation is 1. The number of hydrogen-bond acceptors (Lipinski definition) is 6. The molecule has 3 N–H and O–H groups in total. The number of anilines is 2. The van der Waals surface area contributed by atoms with Gasteiger partial charge in [0.25, 0.3) is 0 Å². The number of fused-ring (bicyclic) bond motifs is 1. The molecule has 0 atom stereocenters. The van der Waals surface area contributed by atoms with E-state index in [-0.39, 0.29) is 5.91 Å². The normalized spacial score (nSPS) is 16.3. The Morgan fingerprint density at radius 3 is 2.53 bits per heavy atom. The summed E-state index contributed by atoms with van der Waals surface area (Å²) in [7, 11) is 2.12. The van der Waals surface area contributed by atoms with Crippen LogP contribution in [-0.2, 0) is 16.0 Å². The van der Waals surface area contributed by atoms with Gasteiger partial charge in [0.2, 0.25) is 5.91 Å². The fraction of sp³-hybridized carbons (Fsp3) is 0.429. The fourth-order valence-electron chi connectivity index (χ4n) is 3.59. The largest absolute Gasteiger partial charge is 0.490 e. The van der Waals surface area contributed by atoms with Gasteiger partial charge in [-0.25, -0.2) is 14.8 Å². The lowest BCUT2D eigenvalue weighted by Gasteiger charge is -2.32. The van der Waals surface area contributed by atoms with Gasteiger partial charge in [0.05, 0.1) is 0 Å². The van der Waals surface area contributed by atoms with Crippen molar-refractivity contribution in [3.8, 4) is 11.4 Å². The van der Waals surface area contributed by atoms with Crippen LogP contribution in [0.2, 0.25) is 0 Å². The van der Waals surface area contributed by atoms with E-state index in [0.717, 1.165) is 60.8 Å². The molecule has 0 spiro atoms. The number of piperidine rings is 1. The molecule has 0 radical (unpaired) electrons. The lowest BCUT2D eigenvalue weighted by atomic mass is 10.00. The molecule has 2 aromatic rings. The molecule has 0 unspecified atom stereocenters. The summed E-state index contributed by atoms with van der Waals surface area (Å²) < 4.78 is 31.7. The molecule has 8 nitrogen and oxygen atoms in total. The molecule has 0 aliphatic carbocycles. The Bertz CT molecular complexity index is 977. The molecule has 1 saturated heterocycles. The zero-order valence-corrected chi connectivity index (χ0v) is 17.4. The summed E-state index contributed by atoms with van der Waals surface area (Å²) in [5.74, 6) is -0.976. The molecular formula is C21H24F3N5O3. The SMILES string of the molecule is CN(c1ccnc(-c2ccc3c(c2)CCC(=O)N3)n1)C1CCNCC1.O=C(O)C(F)(F)F. The Labute approximate surface area is 182 Å². The summed E-state index contributed by atoms with van der Waals surface area (Å²) in [6, 6.07) is 8.52. The first-order chi connectivity index (χ1) is 15.1. The molecule has 2 aliphatic heterocycles. The van der Waals surface area contributed by atoms with Crippen molar-refractivity contribution in [2.45, 2.75) is 37.9 Å². The Kier molecular flexibility index (Phi) is 7.29. The van der Waals surface area contributed by atoms with E-state index in [1.807, 2.05) is 24.4 Å². The maximum absolute atomic E-state index is 11.5. The number of halogens is 3. The van der Waals surface area contributed by atoms with Gasteiger partial charge in [0, 0.05) is 37.0 Å². The standard InChI is InChI=1S/C19H23N5O.C2HF3O2/c1-24(15-6-9-20-10-7-15)17-8-11-21-19(23-17)14-2-4-16-13(12-14)3-5-18(25)22-16;3-2(4,5)1(6)7/h2,4,8,11-12,15,20H,3,5-7,9-10H2,1H3,(H,22,25);(H,6,7). The minimum absolute atomic E-state index is 0.0853. The van der Waals surface area contributed by atoms with Gasteiger partial charge < -0.3 is 20.6 Å². The van der Waals surface area contributed by atoms with E-state index in [0.29, 0.717) is 12.5 Å². The zero-order valence-electron chi connectivity index (χ0n) is 17.4. The van der Waals surface area contributed by atoms with Gasteiger partial charge in [-0.1, -0.05) is 0 Å². The first kappa shape index (κ1) is 23.5. The minimum Gasteiger partial charge on any atom is -0.475 e. The number of carbonyl (C=O) groups excluding carboxylic acids is 1. The lowest BCUT2D eigenvalue weighted by Crippen LogP contribution is -2.41. The molecule has 1 aromatic carbocycles. The van der Waals surface area contributed by atoms with E-state index in [4.69, 9.17) is 14.9 Å². The zero-order chi connectivity index (χ0) is 23.3.